The van der Waals surface area contributed by atoms with Gasteiger partial charge in [-0.05, 0) is 24.4 Å². The molecule has 0 aromatic carbocycles. The Labute approximate surface area is 98.0 Å². The van der Waals surface area contributed by atoms with Gasteiger partial charge in [0.25, 0.3) is 11.8 Å². The number of aromatic nitrogens is 4. The molecule has 0 amide bonds. The van der Waals surface area contributed by atoms with Crippen LogP contribution in [0.3, 0.4) is 0 Å². The number of hydrogen-bond donors (Lipinski definition) is 2. The first-order valence-electron chi connectivity index (χ1n) is 5.72. The summed E-state index contributed by atoms with van der Waals surface area (Å²) >= 11 is 0. The number of anilines is 2. The Morgan fingerprint density at radius 2 is 2.12 bits per heavy atom. The molecule has 0 atom stereocenters. The van der Waals surface area contributed by atoms with Crippen LogP contribution in [0, 0.1) is 0 Å². The van der Waals surface area contributed by atoms with Gasteiger partial charge in [0.05, 0.1) is 6.20 Å². The van der Waals surface area contributed by atoms with E-state index < -0.39 is 0 Å². The predicted octanol–water partition coefficient (Wildman–Crippen LogP) is 1.03. The minimum Gasteiger partial charge on any atom is -0.383 e. The number of rotatable bonds is 2. The first kappa shape index (κ1) is 10.1. The predicted molar refractivity (Wildman–Crippen MR) is 62.4 cm³/mol. The largest absolute Gasteiger partial charge is 0.383 e. The highest BCUT2D eigenvalue weighted by molar-refractivity contribution is 5.66. The number of nitrogen functional groups attached to an aromatic ring is 1. The van der Waals surface area contributed by atoms with E-state index in [-0.39, 0.29) is 0 Å². The highest BCUT2D eigenvalue weighted by Gasteiger charge is 2.19. The molecule has 1 fully saturated rings. The third kappa shape index (κ3) is 1.83. The minimum absolute atomic E-state index is 0.414. The molecule has 7 heteroatoms. The van der Waals surface area contributed by atoms with Crippen LogP contribution in [-0.2, 0) is 0 Å². The van der Waals surface area contributed by atoms with E-state index in [9.17, 15) is 0 Å². The summed E-state index contributed by atoms with van der Waals surface area (Å²) in [5.41, 5.74) is 6.35. The third-order valence-corrected chi connectivity index (χ3v) is 2.95. The molecule has 1 aliphatic rings. The van der Waals surface area contributed by atoms with E-state index in [4.69, 9.17) is 10.3 Å². The summed E-state index contributed by atoms with van der Waals surface area (Å²) in [5.74, 6) is 1.50. The molecular weight excluding hydrogens is 220 g/mol. The van der Waals surface area contributed by atoms with Crippen molar-refractivity contribution >= 4 is 11.8 Å². The van der Waals surface area contributed by atoms with Gasteiger partial charge in [0.2, 0.25) is 0 Å². The Balaban J connectivity index is 1.85. The molecular formula is C10H14N6O. The monoisotopic (exact) mass is 234 g/mol. The normalized spacial score (nSPS) is 16.4. The Morgan fingerprint density at radius 1 is 1.29 bits per heavy atom. The van der Waals surface area contributed by atoms with Gasteiger partial charge in [0, 0.05) is 13.1 Å². The van der Waals surface area contributed by atoms with Crippen LogP contribution < -0.4 is 10.6 Å². The van der Waals surface area contributed by atoms with Gasteiger partial charge in [-0.15, -0.1) is 0 Å². The number of nitrogens with zero attached hydrogens (tertiary/aromatic N) is 4. The lowest BCUT2D eigenvalue weighted by Gasteiger charge is -2.24. The molecule has 0 spiro atoms. The standard InChI is InChI=1S/C10H14N6O/c11-8-7(6-12-14-8)9-13-10(15-17-9)16-4-2-1-3-5-16/h6H,1-5H2,(H3,11,12,14). The minimum atomic E-state index is 0.414. The summed E-state index contributed by atoms with van der Waals surface area (Å²) in [4.78, 5) is 6.48. The highest BCUT2D eigenvalue weighted by Crippen LogP contribution is 2.24. The Bertz CT molecular complexity index is 498. The summed E-state index contributed by atoms with van der Waals surface area (Å²) < 4.78 is 5.20. The van der Waals surface area contributed by atoms with Crippen LogP contribution in [0.4, 0.5) is 11.8 Å². The molecule has 90 valence electrons. The van der Waals surface area contributed by atoms with Crippen LogP contribution in [0.15, 0.2) is 10.7 Å². The van der Waals surface area contributed by atoms with Crippen LogP contribution in [-0.4, -0.2) is 33.4 Å². The second-order valence-electron chi connectivity index (χ2n) is 4.14. The van der Waals surface area contributed by atoms with Crippen LogP contribution in [0.25, 0.3) is 11.5 Å². The first-order valence-corrected chi connectivity index (χ1v) is 5.72. The molecule has 2 aromatic heterocycles. The molecule has 1 aliphatic heterocycles. The van der Waals surface area contributed by atoms with Crippen molar-refractivity contribution in [3.8, 4) is 11.5 Å². The smallest absolute Gasteiger partial charge is 0.266 e. The number of piperidine rings is 1. The fraction of sp³-hybridized carbons (Fsp3) is 0.500. The number of nitrogens with two attached hydrogens (primary N) is 1. The van der Waals surface area contributed by atoms with E-state index in [1.807, 2.05) is 0 Å². The molecule has 0 saturated carbocycles. The van der Waals surface area contributed by atoms with Crippen molar-refractivity contribution in [1.29, 1.82) is 0 Å². The molecule has 17 heavy (non-hydrogen) atoms. The second-order valence-corrected chi connectivity index (χ2v) is 4.14. The molecule has 2 aromatic rings. The maximum Gasteiger partial charge on any atom is 0.266 e. The fourth-order valence-corrected chi connectivity index (χ4v) is 2.01. The lowest BCUT2D eigenvalue weighted by Crippen LogP contribution is -2.30. The number of hydrogen-bond acceptors (Lipinski definition) is 6. The van der Waals surface area contributed by atoms with Gasteiger partial charge in [0.1, 0.15) is 11.4 Å². The Hall–Kier alpha value is -2.05. The zero-order valence-corrected chi connectivity index (χ0v) is 9.39. The van der Waals surface area contributed by atoms with Crippen molar-refractivity contribution in [3.05, 3.63) is 6.20 Å². The topological polar surface area (TPSA) is 96.9 Å². The van der Waals surface area contributed by atoms with Crippen LogP contribution in [0.5, 0.6) is 0 Å². The summed E-state index contributed by atoms with van der Waals surface area (Å²) in [6.07, 6.45) is 5.22. The number of nitrogens with one attached hydrogen (secondary N) is 1. The molecule has 1 saturated heterocycles. The van der Waals surface area contributed by atoms with Gasteiger partial charge in [-0.25, -0.2) is 0 Å². The van der Waals surface area contributed by atoms with Gasteiger partial charge in [-0.3, -0.25) is 5.10 Å². The highest BCUT2D eigenvalue weighted by atomic mass is 16.5. The average molecular weight is 234 g/mol. The van der Waals surface area contributed by atoms with Gasteiger partial charge >= 0.3 is 0 Å². The number of H-pyrrole nitrogens is 1. The van der Waals surface area contributed by atoms with Crippen molar-refractivity contribution < 1.29 is 4.52 Å². The second kappa shape index (κ2) is 4.08. The Morgan fingerprint density at radius 3 is 2.82 bits per heavy atom. The van der Waals surface area contributed by atoms with Gasteiger partial charge in [-0.1, -0.05) is 0 Å². The Kier molecular flexibility index (Phi) is 2.43. The van der Waals surface area contributed by atoms with Gasteiger partial charge in [-0.2, -0.15) is 10.1 Å². The molecule has 0 bridgehead atoms. The summed E-state index contributed by atoms with van der Waals surface area (Å²) in [7, 11) is 0. The maximum absolute atomic E-state index is 5.70. The lowest BCUT2D eigenvalue weighted by molar-refractivity contribution is 0.426. The zero-order valence-electron chi connectivity index (χ0n) is 9.39. The van der Waals surface area contributed by atoms with E-state index in [1.165, 1.54) is 19.3 Å². The molecule has 3 rings (SSSR count). The molecule has 0 aliphatic carbocycles. The molecule has 7 nitrogen and oxygen atoms in total. The average Bonchev–Trinajstić information content (AvgIpc) is 2.98. The van der Waals surface area contributed by atoms with Crippen LogP contribution >= 0.6 is 0 Å². The van der Waals surface area contributed by atoms with Crippen molar-refractivity contribution in [2.45, 2.75) is 19.3 Å². The summed E-state index contributed by atoms with van der Waals surface area (Å²) in [5, 5.41) is 10.5. The van der Waals surface area contributed by atoms with E-state index in [1.54, 1.807) is 6.20 Å². The van der Waals surface area contributed by atoms with Gasteiger partial charge in [0.15, 0.2) is 0 Å². The quantitative estimate of drug-likeness (QED) is 0.805. The van der Waals surface area contributed by atoms with Crippen molar-refractivity contribution in [2.24, 2.45) is 0 Å². The van der Waals surface area contributed by atoms with E-state index in [0.29, 0.717) is 23.2 Å². The molecule has 3 N–H and O–H groups in total. The van der Waals surface area contributed by atoms with Crippen LogP contribution in [0.2, 0.25) is 0 Å². The van der Waals surface area contributed by atoms with Gasteiger partial charge < -0.3 is 15.2 Å². The third-order valence-electron chi connectivity index (χ3n) is 2.95. The van der Waals surface area contributed by atoms with Crippen molar-refractivity contribution in [2.75, 3.05) is 23.7 Å². The molecule has 3 heterocycles. The lowest BCUT2D eigenvalue weighted by atomic mass is 10.1. The molecule has 0 radical (unpaired) electrons. The SMILES string of the molecule is Nc1[nH]ncc1-c1nc(N2CCCCC2)no1. The summed E-state index contributed by atoms with van der Waals surface area (Å²) in [6.45, 7) is 1.97. The molecule has 0 unspecified atom stereocenters. The first-order chi connectivity index (χ1) is 8.34. The van der Waals surface area contributed by atoms with E-state index >= 15 is 0 Å². The van der Waals surface area contributed by atoms with E-state index in [0.717, 1.165) is 13.1 Å². The fourth-order valence-electron chi connectivity index (χ4n) is 2.01. The summed E-state index contributed by atoms with van der Waals surface area (Å²) in [6, 6.07) is 0. The van der Waals surface area contributed by atoms with Crippen LogP contribution in [0.1, 0.15) is 19.3 Å². The van der Waals surface area contributed by atoms with Crippen molar-refractivity contribution in [3.63, 3.8) is 0 Å². The number of aromatic amines is 1. The zero-order chi connectivity index (χ0) is 11.7. The van der Waals surface area contributed by atoms with Crippen molar-refractivity contribution in [1.82, 2.24) is 20.3 Å². The maximum atomic E-state index is 5.70. The van der Waals surface area contributed by atoms with E-state index in [2.05, 4.69) is 25.2 Å².